The van der Waals surface area contributed by atoms with Gasteiger partial charge in [-0.05, 0) is 0 Å². The molecule has 0 aliphatic carbocycles. The Labute approximate surface area is 74.1 Å². The normalized spacial score (nSPS) is 11.8. The fraction of sp³-hybridized carbons (Fsp3) is 0.571. The first-order valence-corrected chi connectivity index (χ1v) is 3.46. The van der Waals surface area contributed by atoms with Crippen molar-refractivity contribution in [2.45, 2.75) is 18.9 Å². The average Bonchev–Trinajstić information content (AvgIpc) is 2.01. The van der Waals surface area contributed by atoms with Gasteiger partial charge < -0.3 is 14.9 Å². The molecule has 1 atom stereocenters. The number of rotatable bonds is 5. The number of ketones is 1. The molecular formula is C7H10O6. The molecule has 6 nitrogen and oxygen atoms in total. The SMILES string of the molecule is COC(=O)C(O)CC(=O)CC(=O)O. The highest BCUT2D eigenvalue weighted by molar-refractivity contribution is 5.96. The largest absolute Gasteiger partial charge is 0.481 e. The molecule has 2 N–H and O–H groups in total. The first-order chi connectivity index (χ1) is 5.97. The number of aliphatic carboxylic acids is 1. The number of carboxylic acids is 1. The topological polar surface area (TPSA) is 101 Å². The summed E-state index contributed by atoms with van der Waals surface area (Å²) in [7, 11) is 1.06. The van der Waals surface area contributed by atoms with Gasteiger partial charge >= 0.3 is 11.9 Å². The van der Waals surface area contributed by atoms with Crippen molar-refractivity contribution in [3.8, 4) is 0 Å². The molecule has 0 heterocycles. The summed E-state index contributed by atoms with van der Waals surface area (Å²) in [5, 5.41) is 17.1. The third-order valence-electron chi connectivity index (χ3n) is 1.24. The van der Waals surface area contributed by atoms with Gasteiger partial charge in [0.05, 0.1) is 7.11 Å². The van der Waals surface area contributed by atoms with Crippen LogP contribution in [0, 0.1) is 0 Å². The van der Waals surface area contributed by atoms with Crippen molar-refractivity contribution in [3.05, 3.63) is 0 Å². The Bertz CT molecular complexity index is 221. The van der Waals surface area contributed by atoms with E-state index in [-0.39, 0.29) is 0 Å². The molecule has 0 aliphatic heterocycles. The second-order valence-corrected chi connectivity index (χ2v) is 2.35. The number of carboxylic acid groups (broad SMARTS) is 1. The quantitative estimate of drug-likeness (QED) is 0.424. The predicted molar refractivity (Wildman–Crippen MR) is 39.9 cm³/mol. The summed E-state index contributed by atoms with van der Waals surface area (Å²) in [6, 6.07) is 0. The number of esters is 1. The summed E-state index contributed by atoms with van der Waals surface area (Å²) in [4.78, 5) is 31.3. The highest BCUT2D eigenvalue weighted by Crippen LogP contribution is 1.98. The van der Waals surface area contributed by atoms with Gasteiger partial charge in [-0.1, -0.05) is 0 Å². The van der Waals surface area contributed by atoms with Crippen LogP contribution in [0.5, 0.6) is 0 Å². The van der Waals surface area contributed by atoms with Crippen molar-refractivity contribution in [1.29, 1.82) is 0 Å². The zero-order chi connectivity index (χ0) is 10.4. The van der Waals surface area contributed by atoms with E-state index in [9.17, 15) is 14.4 Å². The van der Waals surface area contributed by atoms with Crippen LogP contribution in [0.4, 0.5) is 0 Å². The van der Waals surface area contributed by atoms with Gasteiger partial charge in [-0.25, -0.2) is 4.79 Å². The van der Waals surface area contributed by atoms with Crippen molar-refractivity contribution in [1.82, 2.24) is 0 Å². The Hall–Kier alpha value is -1.43. The van der Waals surface area contributed by atoms with Crippen molar-refractivity contribution in [2.75, 3.05) is 7.11 Å². The predicted octanol–water partition coefficient (Wildman–Crippen LogP) is -1.05. The molecule has 1 unspecified atom stereocenters. The minimum Gasteiger partial charge on any atom is -0.481 e. The van der Waals surface area contributed by atoms with Crippen LogP contribution in [0.3, 0.4) is 0 Å². The van der Waals surface area contributed by atoms with Crippen molar-refractivity contribution in [3.63, 3.8) is 0 Å². The molecule has 0 aromatic carbocycles. The minimum absolute atomic E-state index is 0.529. The minimum atomic E-state index is -1.57. The Kier molecular flexibility index (Phi) is 4.68. The second-order valence-electron chi connectivity index (χ2n) is 2.35. The first kappa shape index (κ1) is 11.6. The Morgan fingerprint density at radius 1 is 1.38 bits per heavy atom. The molecule has 0 fully saturated rings. The van der Waals surface area contributed by atoms with Gasteiger partial charge in [-0.3, -0.25) is 9.59 Å². The van der Waals surface area contributed by atoms with E-state index in [4.69, 9.17) is 10.2 Å². The average molecular weight is 190 g/mol. The number of methoxy groups -OCH3 is 1. The monoisotopic (exact) mass is 190 g/mol. The maximum atomic E-state index is 10.7. The van der Waals surface area contributed by atoms with E-state index in [2.05, 4.69) is 4.74 Å². The maximum absolute atomic E-state index is 10.7. The van der Waals surface area contributed by atoms with Gasteiger partial charge in [-0.2, -0.15) is 0 Å². The number of carbonyl (C=O) groups excluding carboxylic acids is 2. The van der Waals surface area contributed by atoms with Crippen LogP contribution in [-0.2, 0) is 19.1 Å². The van der Waals surface area contributed by atoms with E-state index in [0.29, 0.717) is 0 Å². The maximum Gasteiger partial charge on any atom is 0.335 e. The van der Waals surface area contributed by atoms with Crippen LogP contribution in [0.2, 0.25) is 0 Å². The Morgan fingerprint density at radius 2 is 1.92 bits per heavy atom. The van der Waals surface area contributed by atoms with Gasteiger partial charge in [0.15, 0.2) is 6.10 Å². The van der Waals surface area contributed by atoms with E-state index in [1.54, 1.807) is 0 Å². The lowest BCUT2D eigenvalue weighted by atomic mass is 10.1. The molecule has 0 spiro atoms. The summed E-state index contributed by atoms with van der Waals surface area (Å²) in [5.41, 5.74) is 0. The Balaban J connectivity index is 3.91. The van der Waals surface area contributed by atoms with Gasteiger partial charge in [0, 0.05) is 6.42 Å². The molecule has 0 aliphatic rings. The van der Waals surface area contributed by atoms with Crippen LogP contribution in [0.25, 0.3) is 0 Å². The zero-order valence-electron chi connectivity index (χ0n) is 7.02. The second kappa shape index (κ2) is 5.26. The van der Waals surface area contributed by atoms with E-state index in [1.807, 2.05) is 0 Å². The molecular weight excluding hydrogens is 180 g/mol. The summed E-state index contributed by atoms with van der Waals surface area (Å²) in [6.07, 6.45) is -2.80. The molecule has 0 saturated heterocycles. The number of Topliss-reactive ketones (excluding diaryl/α,β-unsaturated/α-hetero) is 1. The van der Waals surface area contributed by atoms with E-state index in [1.165, 1.54) is 0 Å². The number of hydrogen-bond acceptors (Lipinski definition) is 5. The summed E-state index contributed by atoms with van der Waals surface area (Å²) in [5.74, 6) is -2.95. The smallest absolute Gasteiger partial charge is 0.335 e. The lowest BCUT2D eigenvalue weighted by Gasteiger charge is -2.05. The van der Waals surface area contributed by atoms with Crippen molar-refractivity contribution < 1.29 is 29.3 Å². The van der Waals surface area contributed by atoms with Crippen molar-refractivity contribution >= 4 is 17.7 Å². The number of aliphatic hydroxyl groups excluding tert-OH is 1. The number of carbonyl (C=O) groups is 3. The van der Waals surface area contributed by atoms with Crippen LogP contribution < -0.4 is 0 Å². The lowest BCUT2D eigenvalue weighted by molar-refractivity contribution is -0.153. The molecule has 6 heteroatoms. The highest BCUT2D eigenvalue weighted by atomic mass is 16.5. The summed E-state index contributed by atoms with van der Waals surface area (Å²) < 4.78 is 4.13. The van der Waals surface area contributed by atoms with Crippen LogP contribution >= 0.6 is 0 Å². The molecule has 0 amide bonds. The molecule has 13 heavy (non-hydrogen) atoms. The summed E-state index contributed by atoms with van der Waals surface area (Å²) in [6.45, 7) is 0. The molecule has 0 aromatic heterocycles. The summed E-state index contributed by atoms with van der Waals surface area (Å²) >= 11 is 0. The van der Waals surface area contributed by atoms with Gasteiger partial charge in [0.2, 0.25) is 0 Å². The van der Waals surface area contributed by atoms with Crippen molar-refractivity contribution in [2.24, 2.45) is 0 Å². The van der Waals surface area contributed by atoms with Crippen LogP contribution in [0.1, 0.15) is 12.8 Å². The van der Waals surface area contributed by atoms with Gasteiger partial charge in [0.1, 0.15) is 12.2 Å². The standard InChI is InChI=1S/C7H10O6/c1-13-7(12)5(9)2-4(8)3-6(10)11/h5,9H,2-3H2,1H3,(H,10,11). The molecule has 0 aromatic rings. The van der Waals surface area contributed by atoms with Gasteiger partial charge in [0.25, 0.3) is 0 Å². The first-order valence-electron chi connectivity index (χ1n) is 3.46. The number of hydrogen-bond donors (Lipinski definition) is 2. The van der Waals surface area contributed by atoms with Gasteiger partial charge in [-0.15, -0.1) is 0 Å². The van der Waals surface area contributed by atoms with E-state index in [0.717, 1.165) is 7.11 Å². The third-order valence-corrected chi connectivity index (χ3v) is 1.24. The fourth-order valence-electron chi connectivity index (χ4n) is 0.676. The number of aliphatic hydroxyl groups is 1. The number of ether oxygens (including phenoxy) is 1. The van der Waals surface area contributed by atoms with E-state index >= 15 is 0 Å². The molecule has 0 saturated carbocycles. The molecule has 0 radical (unpaired) electrons. The highest BCUT2D eigenvalue weighted by Gasteiger charge is 2.20. The fourth-order valence-corrected chi connectivity index (χ4v) is 0.676. The van der Waals surface area contributed by atoms with Crippen LogP contribution in [0.15, 0.2) is 0 Å². The van der Waals surface area contributed by atoms with E-state index < -0.39 is 36.7 Å². The zero-order valence-corrected chi connectivity index (χ0v) is 7.02. The lowest BCUT2D eigenvalue weighted by Crippen LogP contribution is -2.25. The third kappa shape index (κ3) is 4.91. The molecule has 0 rings (SSSR count). The Morgan fingerprint density at radius 3 is 2.31 bits per heavy atom. The molecule has 74 valence electrons. The van der Waals surface area contributed by atoms with Crippen LogP contribution in [-0.4, -0.2) is 41.1 Å². The molecule has 0 bridgehead atoms.